The zero-order chi connectivity index (χ0) is 16.1. The Morgan fingerprint density at radius 2 is 2.30 bits per heavy atom. The average molecular weight is 315 g/mol. The van der Waals surface area contributed by atoms with Crippen LogP contribution in [0.2, 0.25) is 0 Å². The summed E-state index contributed by atoms with van der Waals surface area (Å²) in [4.78, 5) is 29.3. The zero-order valence-corrected chi connectivity index (χ0v) is 12.4. The molecule has 0 spiro atoms. The molecule has 3 amide bonds. The van der Waals surface area contributed by atoms with Crippen molar-refractivity contribution in [2.24, 2.45) is 0 Å². The molecular formula is C15H17N5O3. The van der Waals surface area contributed by atoms with Gasteiger partial charge in [-0.05, 0) is 18.2 Å². The van der Waals surface area contributed by atoms with Crippen LogP contribution in [0.15, 0.2) is 41.3 Å². The molecule has 2 aromatic heterocycles. The van der Waals surface area contributed by atoms with E-state index in [9.17, 15) is 9.59 Å². The van der Waals surface area contributed by atoms with Gasteiger partial charge in [-0.3, -0.25) is 4.79 Å². The number of furan rings is 1. The normalized spacial score (nSPS) is 14.3. The number of aromatic nitrogens is 1. The third-order valence-electron chi connectivity index (χ3n) is 3.40. The zero-order valence-electron chi connectivity index (χ0n) is 12.4. The van der Waals surface area contributed by atoms with Crippen LogP contribution in [-0.2, 0) is 11.3 Å². The van der Waals surface area contributed by atoms with Crippen LogP contribution >= 0.6 is 0 Å². The molecular weight excluding hydrogens is 298 g/mol. The fraction of sp³-hybridized carbons (Fsp3) is 0.267. The van der Waals surface area contributed by atoms with Crippen LogP contribution in [0.5, 0.6) is 0 Å². The molecule has 8 heteroatoms. The molecule has 1 saturated heterocycles. The number of rotatable bonds is 4. The number of hydrogen-bond donors (Lipinski definition) is 3. The van der Waals surface area contributed by atoms with Crippen molar-refractivity contribution in [2.45, 2.75) is 6.54 Å². The van der Waals surface area contributed by atoms with Crippen molar-refractivity contribution in [1.82, 2.24) is 15.6 Å². The van der Waals surface area contributed by atoms with E-state index in [1.54, 1.807) is 36.9 Å². The van der Waals surface area contributed by atoms with Crippen LogP contribution in [0.25, 0.3) is 0 Å². The minimum atomic E-state index is -0.321. The highest BCUT2D eigenvalue weighted by Gasteiger charge is 2.17. The summed E-state index contributed by atoms with van der Waals surface area (Å²) in [5.41, 5.74) is 1.47. The third-order valence-corrected chi connectivity index (χ3v) is 3.40. The second-order valence-electron chi connectivity index (χ2n) is 5.12. The number of anilines is 2. The molecule has 23 heavy (non-hydrogen) atoms. The predicted molar refractivity (Wildman–Crippen MR) is 84.0 cm³/mol. The molecule has 120 valence electrons. The quantitative estimate of drug-likeness (QED) is 0.779. The Morgan fingerprint density at radius 3 is 3.00 bits per heavy atom. The molecule has 3 rings (SSSR count). The number of carbonyl (C=O) groups excluding carboxylic acids is 2. The molecule has 0 aliphatic carbocycles. The maximum absolute atomic E-state index is 11.8. The Balaban J connectivity index is 1.52. The summed E-state index contributed by atoms with van der Waals surface area (Å²) in [5, 5.41) is 8.18. The fourth-order valence-electron chi connectivity index (χ4n) is 2.23. The van der Waals surface area contributed by atoms with Gasteiger partial charge >= 0.3 is 6.03 Å². The van der Waals surface area contributed by atoms with E-state index in [1.165, 1.54) is 0 Å². The highest BCUT2D eigenvalue weighted by atomic mass is 16.3. The Hall–Kier alpha value is -3.03. The lowest BCUT2D eigenvalue weighted by Crippen LogP contribution is -2.48. The number of amides is 3. The molecule has 0 aromatic carbocycles. The molecule has 0 unspecified atom stereocenters. The molecule has 2 aromatic rings. The van der Waals surface area contributed by atoms with Crippen molar-refractivity contribution < 1.29 is 14.0 Å². The molecule has 0 bridgehead atoms. The molecule has 1 fully saturated rings. The summed E-state index contributed by atoms with van der Waals surface area (Å²) < 4.78 is 4.93. The number of piperazine rings is 1. The number of carbonyl (C=O) groups is 2. The van der Waals surface area contributed by atoms with Gasteiger partial charge in [-0.2, -0.15) is 0 Å². The summed E-state index contributed by atoms with van der Waals surface area (Å²) in [6, 6.07) is 5.00. The van der Waals surface area contributed by atoms with Gasteiger partial charge in [0, 0.05) is 25.2 Å². The molecule has 0 atom stereocenters. The Kier molecular flexibility index (Phi) is 4.41. The minimum Gasteiger partial charge on any atom is -0.472 e. The van der Waals surface area contributed by atoms with E-state index in [4.69, 9.17) is 4.42 Å². The molecule has 8 nitrogen and oxygen atoms in total. The summed E-state index contributed by atoms with van der Waals surface area (Å²) in [5.74, 6) is 0.697. The first kappa shape index (κ1) is 14.9. The summed E-state index contributed by atoms with van der Waals surface area (Å²) in [6.07, 6.45) is 4.70. The highest BCUT2D eigenvalue weighted by Crippen LogP contribution is 2.14. The van der Waals surface area contributed by atoms with Crippen molar-refractivity contribution in [2.75, 3.05) is 29.9 Å². The molecule has 0 saturated carbocycles. The monoisotopic (exact) mass is 315 g/mol. The van der Waals surface area contributed by atoms with Gasteiger partial charge in [-0.15, -0.1) is 0 Å². The topological polar surface area (TPSA) is 99.5 Å². The predicted octanol–water partition coefficient (Wildman–Crippen LogP) is 0.932. The van der Waals surface area contributed by atoms with E-state index in [-0.39, 0.29) is 11.9 Å². The second-order valence-corrected chi connectivity index (χ2v) is 5.12. The van der Waals surface area contributed by atoms with Gasteiger partial charge in [-0.1, -0.05) is 0 Å². The first-order chi connectivity index (χ1) is 11.2. The first-order valence-corrected chi connectivity index (χ1v) is 7.24. The molecule has 1 aliphatic rings. The van der Waals surface area contributed by atoms with Crippen molar-refractivity contribution in [3.63, 3.8) is 0 Å². The van der Waals surface area contributed by atoms with Gasteiger partial charge in [0.05, 0.1) is 31.0 Å². The summed E-state index contributed by atoms with van der Waals surface area (Å²) in [6.45, 7) is 2.01. The van der Waals surface area contributed by atoms with Crippen LogP contribution in [-0.4, -0.2) is 36.6 Å². The molecule has 3 heterocycles. The fourth-order valence-corrected chi connectivity index (χ4v) is 2.23. The van der Waals surface area contributed by atoms with Crippen LogP contribution in [0.3, 0.4) is 0 Å². The number of urea groups is 1. The van der Waals surface area contributed by atoms with Crippen LogP contribution in [0.1, 0.15) is 5.56 Å². The highest BCUT2D eigenvalue weighted by molar-refractivity contribution is 5.89. The van der Waals surface area contributed by atoms with E-state index < -0.39 is 0 Å². The number of nitrogens with one attached hydrogen (secondary N) is 3. The van der Waals surface area contributed by atoms with E-state index >= 15 is 0 Å². The smallest absolute Gasteiger partial charge is 0.319 e. The molecule has 1 aliphatic heterocycles. The largest absolute Gasteiger partial charge is 0.472 e. The van der Waals surface area contributed by atoms with E-state index in [0.717, 1.165) is 12.1 Å². The van der Waals surface area contributed by atoms with E-state index in [2.05, 4.69) is 20.9 Å². The van der Waals surface area contributed by atoms with Crippen LogP contribution < -0.4 is 20.9 Å². The standard InChI is InChI=1S/C15H17N5O3/c21-14-9-20(5-4-16-14)13-2-1-12(8-17-13)19-15(22)18-7-11-3-6-23-10-11/h1-3,6,8,10H,4-5,7,9H2,(H,16,21)(H2,18,19,22). The third kappa shape index (κ3) is 4.00. The van der Waals surface area contributed by atoms with E-state index in [1.807, 2.05) is 4.90 Å². The lowest BCUT2D eigenvalue weighted by atomic mass is 10.3. The van der Waals surface area contributed by atoms with Crippen molar-refractivity contribution in [1.29, 1.82) is 0 Å². The minimum absolute atomic E-state index is 0.0149. The lowest BCUT2D eigenvalue weighted by Gasteiger charge is -2.27. The van der Waals surface area contributed by atoms with Gasteiger partial charge in [0.1, 0.15) is 5.82 Å². The number of hydrogen-bond acceptors (Lipinski definition) is 5. The summed E-state index contributed by atoms with van der Waals surface area (Å²) in [7, 11) is 0. The van der Waals surface area contributed by atoms with Crippen LogP contribution in [0, 0.1) is 0 Å². The maximum Gasteiger partial charge on any atom is 0.319 e. The van der Waals surface area contributed by atoms with Crippen molar-refractivity contribution in [3.8, 4) is 0 Å². The Morgan fingerprint density at radius 1 is 1.39 bits per heavy atom. The van der Waals surface area contributed by atoms with Crippen molar-refractivity contribution in [3.05, 3.63) is 42.5 Å². The van der Waals surface area contributed by atoms with Gasteiger partial charge in [-0.25, -0.2) is 9.78 Å². The van der Waals surface area contributed by atoms with E-state index in [0.29, 0.717) is 31.1 Å². The Bertz CT molecular complexity index is 669. The first-order valence-electron chi connectivity index (χ1n) is 7.24. The Labute approximate surface area is 132 Å². The average Bonchev–Trinajstić information content (AvgIpc) is 3.07. The molecule has 3 N–H and O–H groups in total. The van der Waals surface area contributed by atoms with Gasteiger partial charge in [0.15, 0.2) is 0 Å². The molecule has 0 radical (unpaired) electrons. The number of pyridine rings is 1. The summed E-state index contributed by atoms with van der Waals surface area (Å²) >= 11 is 0. The maximum atomic E-state index is 11.8. The van der Waals surface area contributed by atoms with Crippen molar-refractivity contribution >= 4 is 23.4 Å². The van der Waals surface area contributed by atoms with Crippen LogP contribution in [0.4, 0.5) is 16.3 Å². The second kappa shape index (κ2) is 6.82. The SMILES string of the molecule is O=C1CN(c2ccc(NC(=O)NCc3ccoc3)cn2)CCN1. The van der Waals surface area contributed by atoms with Gasteiger partial charge in [0.25, 0.3) is 0 Å². The lowest BCUT2D eigenvalue weighted by molar-refractivity contribution is -0.120. The van der Waals surface area contributed by atoms with Gasteiger partial charge < -0.3 is 25.3 Å². The number of nitrogens with zero attached hydrogens (tertiary/aromatic N) is 2. The van der Waals surface area contributed by atoms with Gasteiger partial charge in [0.2, 0.25) is 5.91 Å².